The first-order chi connectivity index (χ1) is 12.3. The van der Waals surface area contributed by atoms with Gasteiger partial charge in [-0.2, -0.15) is 0 Å². The molecule has 2 rings (SSSR count). The second kappa shape index (κ2) is 8.15. The summed E-state index contributed by atoms with van der Waals surface area (Å²) in [5, 5.41) is 0.283. The zero-order valence-corrected chi connectivity index (χ0v) is 15.6. The van der Waals surface area contributed by atoms with Gasteiger partial charge in [0, 0.05) is 12.1 Å². The summed E-state index contributed by atoms with van der Waals surface area (Å²) in [6.07, 6.45) is -0.910. The van der Waals surface area contributed by atoms with E-state index in [4.69, 9.17) is 26.8 Å². The molecular weight excluding hydrogens is 384 g/mol. The third-order valence-corrected chi connectivity index (χ3v) is 5.01. The third-order valence-electron chi connectivity index (χ3n) is 3.33. The van der Waals surface area contributed by atoms with Gasteiger partial charge in [-0.05, 0) is 17.7 Å². The molecule has 3 N–H and O–H groups in total. The average Bonchev–Trinajstić information content (AvgIpc) is 2.61. The van der Waals surface area contributed by atoms with Crippen molar-refractivity contribution < 1.29 is 27.4 Å². The van der Waals surface area contributed by atoms with Gasteiger partial charge in [-0.3, -0.25) is 4.72 Å². The zero-order valence-electron chi connectivity index (χ0n) is 14.0. The number of ether oxygens (including phenoxy) is 3. The Hall–Kier alpha value is -2.65. The van der Waals surface area contributed by atoms with Crippen molar-refractivity contribution in [3.63, 3.8) is 0 Å². The van der Waals surface area contributed by atoms with Crippen molar-refractivity contribution in [1.82, 2.24) is 0 Å². The van der Waals surface area contributed by atoms with Crippen molar-refractivity contribution in [1.29, 1.82) is 0 Å². The van der Waals surface area contributed by atoms with Crippen molar-refractivity contribution in [2.24, 2.45) is 5.73 Å². The van der Waals surface area contributed by atoms with Crippen LogP contribution in [0.4, 0.5) is 10.5 Å². The van der Waals surface area contributed by atoms with Crippen LogP contribution < -0.4 is 19.9 Å². The number of halogens is 1. The van der Waals surface area contributed by atoms with Crippen LogP contribution in [0.25, 0.3) is 0 Å². The number of carbonyl (C=O) groups is 1. The Bertz CT molecular complexity index is 900. The molecule has 0 atom stereocenters. The molecule has 0 bridgehead atoms. The second-order valence-corrected chi connectivity index (χ2v) is 7.13. The van der Waals surface area contributed by atoms with Crippen LogP contribution >= 0.6 is 11.6 Å². The summed E-state index contributed by atoms with van der Waals surface area (Å²) in [7, 11) is -1.09. The highest BCUT2D eigenvalue weighted by Crippen LogP contribution is 2.36. The first-order valence-corrected chi connectivity index (χ1v) is 9.08. The number of sulfonamides is 1. The van der Waals surface area contributed by atoms with Crippen molar-refractivity contribution in [3.05, 3.63) is 47.0 Å². The van der Waals surface area contributed by atoms with E-state index in [1.165, 1.54) is 50.6 Å². The van der Waals surface area contributed by atoms with E-state index >= 15 is 0 Å². The van der Waals surface area contributed by atoms with E-state index in [0.29, 0.717) is 11.3 Å². The Labute approximate surface area is 155 Å². The van der Waals surface area contributed by atoms with Gasteiger partial charge in [-0.1, -0.05) is 23.7 Å². The molecule has 0 radical (unpaired) electrons. The van der Waals surface area contributed by atoms with Crippen molar-refractivity contribution in [2.45, 2.75) is 11.5 Å². The fourth-order valence-electron chi connectivity index (χ4n) is 2.06. The van der Waals surface area contributed by atoms with Gasteiger partial charge in [0.15, 0.2) is 0 Å². The Balaban J connectivity index is 2.27. The minimum absolute atomic E-state index is 0.0105. The monoisotopic (exact) mass is 400 g/mol. The molecule has 140 valence electrons. The number of nitrogens with two attached hydrogens (primary N) is 1. The lowest BCUT2D eigenvalue weighted by atomic mass is 10.2. The molecule has 26 heavy (non-hydrogen) atoms. The van der Waals surface area contributed by atoms with Gasteiger partial charge >= 0.3 is 6.09 Å². The summed E-state index contributed by atoms with van der Waals surface area (Å²) in [6, 6.07) is 8.65. The molecule has 0 heterocycles. The summed E-state index contributed by atoms with van der Waals surface area (Å²) in [6.45, 7) is -0.0503. The van der Waals surface area contributed by atoms with E-state index in [2.05, 4.69) is 9.46 Å². The number of rotatable bonds is 7. The molecule has 0 aromatic heterocycles. The molecular formula is C16H17ClN2O6S. The van der Waals surface area contributed by atoms with E-state index in [1.54, 1.807) is 0 Å². The maximum atomic E-state index is 12.6. The molecule has 0 fully saturated rings. The summed E-state index contributed by atoms with van der Waals surface area (Å²) in [4.78, 5) is 10.6. The Morgan fingerprint density at radius 3 is 2.27 bits per heavy atom. The van der Waals surface area contributed by atoms with Gasteiger partial charge in [0.05, 0.1) is 29.8 Å². The van der Waals surface area contributed by atoms with Crippen molar-refractivity contribution >= 4 is 33.4 Å². The molecule has 10 heteroatoms. The smallest absolute Gasteiger partial charge is 0.404 e. The third kappa shape index (κ3) is 4.70. The highest BCUT2D eigenvalue weighted by molar-refractivity contribution is 7.92. The lowest BCUT2D eigenvalue weighted by Crippen LogP contribution is -2.14. The Morgan fingerprint density at radius 1 is 1.12 bits per heavy atom. The molecule has 0 aliphatic heterocycles. The summed E-state index contributed by atoms with van der Waals surface area (Å²) in [5.74, 6) is 0.537. The first-order valence-electron chi connectivity index (χ1n) is 7.22. The minimum Gasteiger partial charge on any atom is -0.495 e. The van der Waals surface area contributed by atoms with Crippen LogP contribution in [-0.2, 0) is 21.4 Å². The van der Waals surface area contributed by atoms with Crippen LogP contribution in [0.15, 0.2) is 41.3 Å². The molecule has 0 aliphatic carbocycles. The number of amides is 1. The van der Waals surface area contributed by atoms with E-state index in [9.17, 15) is 13.2 Å². The summed E-state index contributed by atoms with van der Waals surface area (Å²) in [5.41, 5.74) is 5.66. The predicted molar refractivity (Wildman–Crippen MR) is 96.2 cm³/mol. The zero-order chi connectivity index (χ0) is 19.3. The molecule has 0 spiro atoms. The number of hydrogen-bond acceptors (Lipinski definition) is 6. The second-order valence-electron chi connectivity index (χ2n) is 5.04. The van der Waals surface area contributed by atoms with Crippen LogP contribution in [0.1, 0.15) is 5.56 Å². The Kier molecular flexibility index (Phi) is 6.17. The number of primary amides is 1. The van der Waals surface area contributed by atoms with Crippen LogP contribution in [0.5, 0.6) is 11.5 Å². The molecule has 0 saturated heterocycles. The fraction of sp³-hybridized carbons (Fsp3) is 0.188. The molecule has 0 unspecified atom stereocenters. The molecule has 0 aliphatic rings. The van der Waals surface area contributed by atoms with E-state index in [0.717, 1.165) is 0 Å². The number of anilines is 1. The number of nitrogens with one attached hydrogen (secondary N) is 1. The van der Waals surface area contributed by atoms with Gasteiger partial charge in [0.1, 0.15) is 18.1 Å². The largest absolute Gasteiger partial charge is 0.495 e. The number of hydrogen-bond donors (Lipinski definition) is 2. The fourth-order valence-corrected chi connectivity index (χ4v) is 3.36. The topological polar surface area (TPSA) is 117 Å². The van der Waals surface area contributed by atoms with Crippen LogP contribution in [0.3, 0.4) is 0 Å². The minimum atomic E-state index is -3.89. The van der Waals surface area contributed by atoms with Crippen molar-refractivity contribution in [3.8, 4) is 11.5 Å². The maximum Gasteiger partial charge on any atom is 0.404 e. The van der Waals surface area contributed by atoms with Gasteiger partial charge < -0.3 is 19.9 Å². The molecule has 2 aromatic rings. The highest BCUT2D eigenvalue weighted by Gasteiger charge is 2.18. The quantitative estimate of drug-likeness (QED) is 0.737. The number of methoxy groups -OCH3 is 2. The molecule has 1 amide bonds. The normalized spacial score (nSPS) is 10.9. The van der Waals surface area contributed by atoms with Gasteiger partial charge in [0.2, 0.25) is 0 Å². The van der Waals surface area contributed by atoms with Gasteiger partial charge in [-0.15, -0.1) is 0 Å². The van der Waals surface area contributed by atoms with E-state index in [1.807, 2.05) is 0 Å². The standard InChI is InChI=1S/C16H17ClN2O6S/c1-23-14-8-13(15(24-2)7-12(14)17)19-26(21,22)11-5-3-10(4-6-11)9-25-16(18)20/h3-8,19H,9H2,1-2H3,(H2,18,20). The SMILES string of the molecule is COc1cc(NS(=O)(=O)c2ccc(COC(N)=O)cc2)c(OC)cc1Cl. The molecule has 0 saturated carbocycles. The predicted octanol–water partition coefficient (Wildman–Crippen LogP) is 2.75. The number of carbonyl (C=O) groups excluding carboxylic acids is 1. The van der Waals surface area contributed by atoms with Crippen LogP contribution in [0, 0.1) is 0 Å². The van der Waals surface area contributed by atoms with E-state index in [-0.39, 0.29) is 28.0 Å². The van der Waals surface area contributed by atoms with Crippen molar-refractivity contribution in [2.75, 3.05) is 18.9 Å². The van der Waals surface area contributed by atoms with Gasteiger partial charge in [0.25, 0.3) is 10.0 Å². The van der Waals surface area contributed by atoms with Crippen LogP contribution in [0.2, 0.25) is 5.02 Å². The summed E-state index contributed by atoms with van der Waals surface area (Å²) < 4.78 is 42.5. The molecule has 2 aromatic carbocycles. The van der Waals surface area contributed by atoms with E-state index < -0.39 is 16.1 Å². The highest BCUT2D eigenvalue weighted by atomic mass is 35.5. The number of benzene rings is 2. The lowest BCUT2D eigenvalue weighted by molar-refractivity contribution is 0.150. The first kappa shape index (κ1) is 19.7. The molecule has 8 nitrogen and oxygen atoms in total. The maximum absolute atomic E-state index is 12.6. The lowest BCUT2D eigenvalue weighted by Gasteiger charge is -2.14. The van der Waals surface area contributed by atoms with Crippen LogP contribution in [-0.4, -0.2) is 28.7 Å². The van der Waals surface area contributed by atoms with Gasteiger partial charge in [-0.25, -0.2) is 13.2 Å². The Morgan fingerprint density at radius 2 is 1.73 bits per heavy atom. The average molecular weight is 401 g/mol. The summed E-state index contributed by atoms with van der Waals surface area (Å²) >= 11 is 6.01.